The van der Waals surface area contributed by atoms with Crippen LogP contribution in [0.1, 0.15) is 0 Å². The average molecular weight is 238 g/mol. The fraction of sp³-hybridized carbons (Fsp3) is 0.100. The lowest BCUT2D eigenvalue weighted by Gasteiger charge is -1.94. The van der Waals surface area contributed by atoms with Crippen LogP contribution in [-0.4, -0.2) is 4.57 Å². The van der Waals surface area contributed by atoms with Gasteiger partial charge in [-0.05, 0) is 24.3 Å². The molecule has 1 aromatic heterocycles. The van der Waals surface area contributed by atoms with Gasteiger partial charge in [-0.2, -0.15) is 0 Å². The van der Waals surface area contributed by atoms with Crippen molar-refractivity contribution in [3.63, 3.8) is 0 Å². The molecular formula is C10H10BrN2+. The van der Waals surface area contributed by atoms with E-state index < -0.39 is 0 Å². The van der Waals surface area contributed by atoms with Crippen LogP contribution in [0.5, 0.6) is 0 Å². The van der Waals surface area contributed by atoms with Gasteiger partial charge in [-0.25, -0.2) is 9.13 Å². The average Bonchev–Trinajstić information content (AvgIpc) is 2.53. The van der Waals surface area contributed by atoms with E-state index in [0.29, 0.717) is 0 Å². The van der Waals surface area contributed by atoms with Gasteiger partial charge in [-0.15, -0.1) is 0 Å². The number of halogens is 1. The van der Waals surface area contributed by atoms with Crippen molar-refractivity contribution in [3.8, 4) is 5.69 Å². The topological polar surface area (TPSA) is 8.81 Å². The minimum absolute atomic E-state index is 1.10. The van der Waals surface area contributed by atoms with Crippen molar-refractivity contribution in [1.82, 2.24) is 4.57 Å². The first kappa shape index (κ1) is 8.51. The van der Waals surface area contributed by atoms with Crippen molar-refractivity contribution in [2.24, 2.45) is 7.05 Å². The molecule has 1 aromatic carbocycles. The van der Waals surface area contributed by atoms with Crippen molar-refractivity contribution < 1.29 is 4.57 Å². The predicted octanol–water partition coefficient (Wildman–Crippen LogP) is 2.06. The zero-order valence-electron chi connectivity index (χ0n) is 7.31. The van der Waals surface area contributed by atoms with Gasteiger partial charge in [0.2, 0.25) is 6.33 Å². The van der Waals surface area contributed by atoms with Gasteiger partial charge in [0.15, 0.2) is 0 Å². The van der Waals surface area contributed by atoms with Crippen molar-refractivity contribution in [2.45, 2.75) is 0 Å². The van der Waals surface area contributed by atoms with Gasteiger partial charge in [0.25, 0.3) is 0 Å². The molecule has 3 heteroatoms. The summed E-state index contributed by atoms with van der Waals surface area (Å²) in [6.45, 7) is 0. The summed E-state index contributed by atoms with van der Waals surface area (Å²) < 4.78 is 5.20. The van der Waals surface area contributed by atoms with E-state index in [1.165, 1.54) is 5.69 Å². The summed E-state index contributed by atoms with van der Waals surface area (Å²) in [6.07, 6.45) is 6.08. The Kier molecular flexibility index (Phi) is 2.19. The normalized spacial score (nSPS) is 10.3. The highest BCUT2D eigenvalue weighted by atomic mass is 79.9. The number of rotatable bonds is 1. The number of hydrogen-bond acceptors (Lipinski definition) is 0. The number of imidazole rings is 1. The number of nitrogens with zero attached hydrogens (tertiary/aromatic N) is 2. The number of aryl methyl sites for hydroxylation is 1. The Balaban J connectivity index is 2.41. The third kappa shape index (κ3) is 1.80. The first-order valence-electron chi connectivity index (χ1n) is 4.05. The third-order valence-electron chi connectivity index (χ3n) is 1.89. The van der Waals surface area contributed by atoms with Gasteiger partial charge < -0.3 is 0 Å². The zero-order chi connectivity index (χ0) is 9.26. The Morgan fingerprint density at radius 2 is 1.92 bits per heavy atom. The third-order valence-corrected chi connectivity index (χ3v) is 2.42. The lowest BCUT2D eigenvalue weighted by atomic mass is 10.3. The first-order valence-corrected chi connectivity index (χ1v) is 4.84. The van der Waals surface area contributed by atoms with Crippen molar-refractivity contribution in [1.29, 1.82) is 0 Å². The first-order chi connectivity index (χ1) is 6.25. The molecule has 1 heterocycles. The van der Waals surface area contributed by atoms with Crippen LogP contribution in [0.25, 0.3) is 5.69 Å². The lowest BCUT2D eigenvalue weighted by molar-refractivity contribution is -0.670. The fourth-order valence-electron chi connectivity index (χ4n) is 1.22. The molecule has 0 aliphatic carbocycles. The van der Waals surface area contributed by atoms with Crippen LogP contribution in [0.3, 0.4) is 0 Å². The number of aromatic nitrogens is 2. The van der Waals surface area contributed by atoms with Crippen molar-refractivity contribution in [2.75, 3.05) is 0 Å². The molecule has 0 aliphatic rings. The van der Waals surface area contributed by atoms with Gasteiger partial charge in [0.1, 0.15) is 18.1 Å². The molecular weight excluding hydrogens is 228 g/mol. The van der Waals surface area contributed by atoms with Gasteiger partial charge in [0.05, 0.1) is 7.05 Å². The highest BCUT2D eigenvalue weighted by Crippen LogP contribution is 2.12. The number of benzene rings is 1. The highest BCUT2D eigenvalue weighted by Gasteiger charge is 2.02. The summed E-state index contributed by atoms with van der Waals surface area (Å²) >= 11 is 3.41. The smallest absolute Gasteiger partial charge is 0.239 e. The molecule has 2 nitrogen and oxygen atoms in total. The standard InChI is InChI=1S/C10H10BrN2/c1-12-6-7-13(8-12)10-4-2-9(11)3-5-10/h2-8H,1H3/q+1. The summed E-state index contributed by atoms with van der Waals surface area (Å²) in [5.74, 6) is 0. The van der Waals surface area contributed by atoms with Crippen molar-refractivity contribution >= 4 is 15.9 Å². The van der Waals surface area contributed by atoms with Gasteiger partial charge in [-0.1, -0.05) is 15.9 Å². The molecule has 0 bridgehead atoms. The second-order valence-electron chi connectivity index (χ2n) is 2.96. The van der Waals surface area contributed by atoms with E-state index in [-0.39, 0.29) is 0 Å². The Morgan fingerprint density at radius 1 is 1.23 bits per heavy atom. The van der Waals surface area contributed by atoms with E-state index in [1.54, 1.807) is 0 Å². The molecule has 0 saturated carbocycles. The van der Waals surface area contributed by atoms with Crippen LogP contribution in [0.4, 0.5) is 0 Å². The van der Waals surface area contributed by atoms with E-state index in [0.717, 1.165) is 4.47 Å². The van der Waals surface area contributed by atoms with Gasteiger partial charge >= 0.3 is 0 Å². The van der Waals surface area contributed by atoms with Crippen LogP contribution in [0, 0.1) is 0 Å². The quantitative estimate of drug-likeness (QED) is 0.672. The summed E-state index contributed by atoms with van der Waals surface area (Å²) in [5, 5.41) is 0. The summed E-state index contributed by atoms with van der Waals surface area (Å²) in [6, 6.07) is 8.22. The van der Waals surface area contributed by atoms with E-state index in [4.69, 9.17) is 0 Å². The summed E-state index contributed by atoms with van der Waals surface area (Å²) in [5.41, 5.74) is 1.17. The second kappa shape index (κ2) is 3.34. The lowest BCUT2D eigenvalue weighted by Crippen LogP contribution is -2.23. The molecule has 66 valence electrons. The van der Waals surface area contributed by atoms with E-state index >= 15 is 0 Å². The highest BCUT2D eigenvalue weighted by molar-refractivity contribution is 9.10. The molecule has 13 heavy (non-hydrogen) atoms. The maximum Gasteiger partial charge on any atom is 0.248 e. The molecule has 0 radical (unpaired) electrons. The van der Waals surface area contributed by atoms with Gasteiger partial charge in [0, 0.05) is 4.47 Å². The van der Waals surface area contributed by atoms with Crippen LogP contribution in [0.2, 0.25) is 0 Å². The zero-order valence-corrected chi connectivity index (χ0v) is 8.90. The molecule has 0 saturated heterocycles. The Bertz CT molecular complexity index is 403. The molecule has 0 atom stereocenters. The maximum atomic E-state index is 3.41. The molecule has 0 fully saturated rings. The van der Waals surface area contributed by atoms with Crippen molar-refractivity contribution in [3.05, 3.63) is 47.5 Å². The maximum absolute atomic E-state index is 3.41. The monoisotopic (exact) mass is 237 g/mol. The van der Waals surface area contributed by atoms with E-state index in [2.05, 4.69) is 32.6 Å². The van der Waals surface area contributed by atoms with Crippen LogP contribution >= 0.6 is 15.9 Å². The molecule has 0 spiro atoms. The molecule has 0 unspecified atom stereocenters. The summed E-state index contributed by atoms with van der Waals surface area (Å²) in [7, 11) is 2.01. The number of hydrogen-bond donors (Lipinski definition) is 0. The van der Waals surface area contributed by atoms with Crippen LogP contribution in [0.15, 0.2) is 47.5 Å². The van der Waals surface area contributed by atoms with Crippen LogP contribution in [-0.2, 0) is 7.05 Å². The predicted molar refractivity (Wildman–Crippen MR) is 54.6 cm³/mol. The Labute approximate surface area is 85.6 Å². The molecule has 0 aliphatic heterocycles. The van der Waals surface area contributed by atoms with E-state index in [1.807, 2.05) is 42.5 Å². The van der Waals surface area contributed by atoms with E-state index in [9.17, 15) is 0 Å². The minimum atomic E-state index is 1.10. The Hall–Kier alpha value is -1.09. The Morgan fingerprint density at radius 3 is 2.46 bits per heavy atom. The van der Waals surface area contributed by atoms with Gasteiger partial charge in [-0.3, -0.25) is 0 Å². The minimum Gasteiger partial charge on any atom is -0.239 e. The van der Waals surface area contributed by atoms with Crippen LogP contribution < -0.4 is 4.57 Å². The molecule has 0 N–H and O–H groups in total. The molecule has 2 aromatic rings. The largest absolute Gasteiger partial charge is 0.248 e. The fourth-order valence-corrected chi connectivity index (χ4v) is 1.48. The molecule has 0 amide bonds. The SMILES string of the molecule is C[n+]1ccn(-c2ccc(Br)cc2)c1. The summed E-state index contributed by atoms with van der Waals surface area (Å²) in [4.78, 5) is 0. The molecule has 2 rings (SSSR count). The second-order valence-corrected chi connectivity index (χ2v) is 3.88.